The van der Waals surface area contributed by atoms with Crippen LogP contribution in [0.2, 0.25) is 0 Å². The summed E-state index contributed by atoms with van der Waals surface area (Å²) in [6.45, 7) is 3.48. The zero-order valence-electron chi connectivity index (χ0n) is 14.3. The molecule has 4 rings (SSSR count). The highest BCUT2D eigenvalue weighted by Gasteiger charge is 2.64. The number of amides is 1. The molecule has 1 aromatic rings. The molecule has 2 bridgehead atoms. The fraction of sp³-hybridized carbons (Fsp3) is 0.526. The molecule has 1 heterocycles. The lowest BCUT2D eigenvalue weighted by atomic mass is 9.80. The van der Waals surface area contributed by atoms with E-state index in [0.717, 1.165) is 29.7 Å². The summed E-state index contributed by atoms with van der Waals surface area (Å²) in [7, 11) is 0. The molecular weight excluding hydrogens is 322 g/mol. The minimum atomic E-state index is -0.454. The summed E-state index contributed by atoms with van der Waals surface area (Å²) in [5, 5.41) is 2.79. The van der Waals surface area contributed by atoms with Crippen molar-refractivity contribution in [1.29, 1.82) is 0 Å². The molecule has 6 heteroatoms. The van der Waals surface area contributed by atoms with Crippen molar-refractivity contribution in [3.05, 3.63) is 29.3 Å². The second-order valence-corrected chi connectivity index (χ2v) is 7.34. The van der Waals surface area contributed by atoms with Gasteiger partial charge in [0.1, 0.15) is 6.10 Å². The predicted molar refractivity (Wildman–Crippen MR) is 88.6 cm³/mol. The van der Waals surface area contributed by atoms with Gasteiger partial charge in [-0.05, 0) is 43.7 Å². The van der Waals surface area contributed by atoms with E-state index in [-0.39, 0.29) is 42.3 Å². The van der Waals surface area contributed by atoms with Gasteiger partial charge in [0.15, 0.2) is 6.61 Å². The second kappa shape index (κ2) is 5.86. The molecule has 1 N–H and O–H groups in total. The maximum atomic E-state index is 12.4. The number of rotatable bonds is 4. The Morgan fingerprint density at radius 1 is 1.24 bits per heavy atom. The maximum absolute atomic E-state index is 12.4. The first kappa shape index (κ1) is 16.1. The molecule has 3 aliphatic rings. The van der Waals surface area contributed by atoms with E-state index in [1.165, 1.54) is 0 Å². The molecule has 2 aliphatic carbocycles. The van der Waals surface area contributed by atoms with Crippen LogP contribution in [0.4, 0.5) is 5.69 Å². The normalized spacial score (nSPS) is 31.8. The predicted octanol–water partition coefficient (Wildman–Crippen LogP) is 1.98. The number of anilines is 1. The Bertz CT molecular complexity index is 736. The van der Waals surface area contributed by atoms with Crippen LogP contribution >= 0.6 is 0 Å². The third kappa shape index (κ3) is 2.60. The zero-order chi connectivity index (χ0) is 17.7. The van der Waals surface area contributed by atoms with Crippen molar-refractivity contribution < 1.29 is 23.9 Å². The summed E-state index contributed by atoms with van der Waals surface area (Å²) >= 11 is 0. The van der Waals surface area contributed by atoms with Crippen molar-refractivity contribution >= 4 is 23.5 Å². The van der Waals surface area contributed by atoms with Gasteiger partial charge in [-0.25, -0.2) is 0 Å². The van der Waals surface area contributed by atoms with Gasteiger partial charge in [-0.15, -0.1) is 0 Å². The van der Waals surface area contributed by atoms with Gasteiger partial charge in [0, 0.05) is 11.6 Å². The Labute approximate surface area is 145 Å². The molecule has 1 aliphatic heterocycles. The van der Waals surface area contributed by atoms with Crippen molar-refractivity contribution in [2.75, 3.05) is 11.9 Å². The lowest BCUT2D eigenvalue weighted by Gasteiger charge is -2.22. The number of hydrogen-bond acceptors (Lipinski definition) is 5. The summed E-state index contributed by atoms with van der Waals surface area (Å²) in [5.74, 6) is -1.65. The first-order valence-electron chi connectivity index (χ1n) is 8.69. The van der Waals surface area contributed by atoms with Gasteiger partial charge in [-0.1, -0.05) is 18.2 Å². The monoisotopic (exact) mass is 343 g/mol. The summed E-state index contributed by atoms with van der Waals surface area (Å²) in [6, 6.07) is 5.74. The summed E-state index contributed by atoms with van der Waals surface area (Å²) in [4.78, 5) is 36.5. The fourth-order valence-corrected chi connectivity index (χ4v) is 4.75. The standard InChI is InChI=1S/C19H21NO5/c1-9-4-3-5-10(2)17(9)20-14(21)8-24-18(22)15-11-6-12-13(7-11)25-19(23)16(12)15/h3-5,11-13,15-16H,6-8H2,1-2H3,(H,20,21)/t11-,12-,13+,15+,16-/m0/s1. The van der Waals surface area contributed by atoms with Crippen LogP contribution in [0.5, 0.6) is 0 Å². The van der Waals surface area contributed by atoms with Crippen LogP contribution in [0.3, 0.4) is 0 Å². The number of nitrogens with one attached hydrogen (secondary N) is 1. The van der Waals surface area contributed by atoms with Crippen LogP contribution in [0.1, 0.15) is 24.0 Å². The van der Waals surface area contributed by atoms with Crippen LogP contribution in [-0.4, -0.2) is 30.6 Å². The molecule has 3 fully saturated rings. The van der Waals surface area contributed by atoms with E-state index in [2.05, 4.69) is 5.32 Å². The number of esters is 2. The van der Waals surface area contributed by atoms with Gasteiger partial charge in [-0.2, -0.15) is 0 Å². The van der Waals surface area contributed by atoms with Gasteiger partial charge in [0.2, 0.25) is 0 Å². The van der Waals surface area contributed by atoms with Crippen LogP contribution in [0.15, 0.2) is 18.2 Å². The zero-order valence-corrected chi connectivity index (χ0v) is 14.3. The van der Waals surface area contributed by atoms with Crippen LogP contribution in [-0.2, 0) is 23.9 Å². The molecule has 2 saturated carbocycles. The van der Waals surface area contributed by atoms with Crippen molar-refractivity contribution in [3.8, 4) is 0 Å². The van der Waals surface area contributed by atoms with E-state index in [9.17, 15) is 14.4 Å². The van der Waals surface area contributed by atoms with Crippen LogP contribution < -0.4 is 5.32 Å². The molecular formula is C19H21NO5. The van der Waals surface area contributed by atoms with E-state index in [1.54, 1.807) is 0 Å². The lowest BCUT2D eigenvalue weighted by molar-refractivity contribution is -0.157. The molecule has 0 radical (unpaired) electrons. The van der Waals surface area contributed by atoms with Gasteiger partial charge in [0.25, 0.3) is 5.91 Å². The van der Waals surface area contributed by atoms with Gasteiger partial charge >= 0.3 is 11.9 Å². The highest BCUT2D eigenvalue weighted by molar-refractivity contribution is 5.94. The van der Waals surface area contributed by atoms with E-state index in [1.807, 2.05) is 32.0 Å². The first-order valence-corrected chi connectivity index (χ1v) is 8.69. The maximum Gasteiger partial charge on any atom is 0.310 e. The third-order valence-electron chi connectivity index (χ3n) is 5.85. The van der Waals surface area contributed by atoms with E-state index < -0.39 is 11.9 Å². The summed E-state index contributed by atoms with van der Waals surface area (Å²) in [6.07, 6.45) is 1.57. The van der Waals surface area contributed by atoms with Crippen LogP contribution in [0, 0.1) is 37.5 Å². The largest absolute Gasteiger partial charge is 0.462 e. The number of ether oxygens (including phenoxy) is 2. The third-order valence-corrected chi connectivity index (χ3v) is 5.85. The van der Waals surface area contributed by atoms with Gasteiger partial charge in [-0.3, -0.25) is 14.4 Å². The van der Waals surface area contributed by atoms with Gasteiger partial charge < -0.3 is 14.8 Å². The van der Waals surface area contributed by atoms with E-state index >= 15 is 0 Å². The molecule has 6 nitrogen and oxygen atoms in total. The highest BCUT2D eigenvalue weighted by atomic mass is 16.6. The van der Waals surface area contributed by atoms with Crippen molar-refractivity contribution in [2.45, 2.75) is 32.8 Å². The van der Waals surface area contributed by atoms with Crippen molar-refractivity contribution in [2.24, 2.45) is 23.7 Å². The second-order valence-electron chi connectivity index (χ2n) is 7.34. The lowest BCUT2D eigenvalue weighted by Crippen LogP contribution is -2.35. The highest BCUT2D eigenvalue weighted by Crippen LogP contribution is 2.57. The Balaban J connectivity index is 1.36. The number of benzene rings is 1. The molecule has 0 aromatic heterocycles. The number of fused-ring (bicyclic) bond motifs is 1. The van der Waals surface area contributed by atoms with Crippen molar-refractivity contribution in [1.82, 2.24) is 0 Å². The number of carbonyl (C=O) groups is 3. The molecule has 0 unspecified atom stereocenters. The van der Waals surface area contributed by atoms with E-state index in [0.29, 0.717) is 0 Å². The molecule has 1 aromatic carbocycles. The minimum Gasteiger partial charge on any atom is -0.462 e. The minimum absolute atomic E-state index is 0.0149. The molecule has 25 heavy (non-hydrogen) atoms. The fourth-order valence-electron chi connectivity index (χ4n) is 4.75. The molecule has 5 atom stereocenters. The molecule has 1 saturated heterocycles. The number of para-hydroxylation sites is 1. The smallest absolute Gasteiger partial charge is 0.310 e. The Kier molecular flexibility index (Phi) is 3.78. The SMILES string of the molecule is Cc1cccc(C)c1NC(=O)COC(=O)[C@@H]1[C@H]2C[C@@H]3[C@@H]1C(=O)O[C@@H]3C2. The first-order chi connectivity index (χ1) is 12.0. The average Bonchev–Trinajstić information content (AvgIpc) is 3.18. The Hall–Kier alpha value is -2.37. The summed E-state index contributed by atoms with van der Waals surface area (Å²) < 4.78 is 10.6. The average molecular weight is 343 g/mol. The number of carbonyl (C=O) groups excluding carboxylic acids is 3. The summed E-state index contributed by atoms with van der Waals surface area (Å²) in [5.41, 5.74) is 2.64. The van der Waals surface area contributed by atoms with E-state index in [4.69, 9.17) is 9.47 Å². The Morgan fingerprint density at radius 3 is 2.68 bits per heavy atom. The quantitative estimate of drug-likeness (QED) is 0.846. The molecule has 1 amide bonds. The number of aryl methyl sites for hydroxylation is 2. The Morgan fingerprint density at radius 2 is 1.96 bits per heavy atom. The van der Waals surface area contributed by atoms with Crippen LogP contribution in [0.25, 0.3) is 0 Å². The molecule has 132 valence electrons. The van der Waals surface area contributed by atoms with Gasteiger partial charge in [0.05, 0.1) is 11.8 Å². The number of hydrogen-bond donors (Lipinski definition) is 1. The topological polar surface area (TPSA) is 81.7 Å². The van der Waals surface area contributed by atoms with Crippen molar-refractivity contribution in [3.63, 3.8) is 0 Å². The molecule has 0 spiro atoms.